The Morgan fingerprint density at radius 2 is 1.81 bits per heavy atom. The molecule has 3 aromatic rings. The fraction of sp³-hybridized carbons (Fsp3) is 0.158. The van der Waals surface area contributed by atoms with Crippen molar-refractivity contribution in [3.05, 3.63) is 53.6 Å². The molecule has 7 nitrogen and oxygen atoms in total. The lowest BCUT2D eigenvalue weighted by Gasteiger charge is -2.08. The van der Waals surface area contributed by atoms with Crippen molar-refractivity contribution in [1.29, 1.82) is 0 Å². The van der Waals surface area contributed by atoms with Crippen LogP contribution in [0.3, 0.4) is 0 Å². The minimum Gasteiger partial charge on any atom is -0.338 e. The van der Waals surface area contributed by atoms with Crippen molar-refractivity contribution in [3.63, 3.8) is 0 Å². The third-order valence-electron chi connectivity index (χ3n) is 4.16. The number of fused-ring (bicyclic) bond motifs is 2. The number of rotatable bonds is 4. The molecule has 2 N–H and O–H groups in total. The SMILES string of the molecule is CCCNC(=O)Nc1ccc2nc(N3C(=O)c4ccccc4C3=O)sc2c1. The van der Waals surface area contributed by atoms with Gasteiger partial charge in [0.05, 0.1) is 21.3 Å². The molecule has 4 amide bonds. The van der Waals surface area contributed by atoms with Crippen LogP contribution in [-0.4, -0.2) is 29.4 Å². The number of amides is 4. The molecule has 8 heteroatoms. The minimum absolute atomic E-state index is 0.277. The summed E-state index contributed by atoms with van der Waals surface area (Å²) in [5.74, 6) is -0.737. The third kappa shape index (κ3) is 3.04. The molecule has 0 saturated carbocycles. The van der Waals surface area contributed by atoms with Crippen LogP contribution < -0.4 is 15.5 Å². The second-order valence-corrected chi connectivity index (χ2v) is 7.06. The summed E-state index contributed by atoms with van der Waals surface area (Å²) in [5.41, 5.74) is 2.05. The Morgan fingerprint density at radius 3 is 2.48 bits per heavy atom. The summed E-state index contributed by atoms with van der Waals surface area (Å²) >= 11 is 1.23. The van der Waals surface area contributed by atoms with Crippen molar-refractivity contribution < 1.29 is 14.4 Å². The van der Waals surface area contributed by atoms with Gasteiger partial charge in [-0.05, 0) is 36.8 Å². The second-order valence-electron chi connectivity index (χ2n) is 6.05. The van der Waals surface area contributed by atoms with E-state index in [0.717, 1.165) is 16.0 Å². The molecule has 1 aromatic heterocycles. The first-order valence-corrected chi connectivity index (χ1v) is 9.33. The minimum atomic E-state index is -0.369. The van der Waals surface area contributed by atoms with Crippen molar-refractivity contribution in [1.82, 2.24) is 10.3 Å². The highest BCUT2D eigenvalue weighted by atomic mass is 32.1. The van der Waals surface area contributed by atoms with Crippen molar-refractivity contribution in [2.75, 3.05) is 16.8 Å². The third-order valence-corrected chi connectivity index (χ3v) is 5.16. The average molecular weight is 380 g/mol. The zero-order chi connectivity index (χ0) is 19.0. The number of nitrogens with one attached hydrogen (secondary N) is 2. The van der Waals surface area contributed by atoms with E-state index >= 15 is 0 Å². The van der Waals surface area contributed by atoms with E-state index in [1.165, 1.54) is 11.3 Å². The Kier molecular flexibility index (Phi) is 4.33. The van der Waals surface area contributed by atoms with Crippen LogP contribution in [-0.2, 0) is 0 Å². The fourth-order valence-electron chi connectivity index (χ4n) is 2.86. The van der Waals surface area contributed by atoms with Crippen LogP contribution in [0.1, 0.15) is 34.1 Å². The monoisotopic (exact) mass is 380 g/mol. The van der Waals surface area contributed by atoms with Gasteiger partial charge in [0.25, 0.3) is 11.8 Å². The molecule has 0 unspecified atom stereocenters. The normalized spacial score (nSPS) is 13.1. The number of urea groups is 1. The predicted molar refractivity (Wildman–Crippen MR) is 105 cm³/mol. The molecule has 0 radical (unpaired) electrons. The van der Waals surface area contributed by atoms with Gasteiger partial charge >= 0.3 is 6.03 Å². The summed E-state index contributed by atoms with van der Waals surface area (Å²) in [5, 5.41) is 5.82. The smallest absolute Gasteiger partial charge is 0.319 e. The van der Waals surface area contributed by atoms with Gasteiger partial charge in [-0.25, -0.2) is 14.7 Å². The van der Waals surface area contributed by atoms with E-state index in [1.54, 1.807) is 42.5 Å². The fourth-order valence-corrected chi connectivity index (χ4v) is 3.86. The Balaban J connectivity index is 1.62. The number of carbonyl (C=O) groups is 3. The first-order valence-electron chi connectivity index (χ1n) is 8.51. The zero-order valence-corrected chi connectivity index (χ0v) is 15.3. The molecule has 2 heterocycles. The standard InChI is InChI=1S/C19H16N4O3S/c1-2-9-20-18(26)21-11-7-8-14-15(10-11)27-19(22-14)23-16(24)12-5-3-4-6-13(12)17(23)25/h3-8,10H,2,9H2,1H3,(H2,20,21,26). The van der Waals surface area contributed by atoms with Gasteiger partial charge in [-0.3, -0.25) is 9.59 Å². The highest BCUT2D eigenvalue weighted by Crippen LogP contribution is 2.35. The lowest BCUT2D eigenvalue weighted by Crippen LogP contribution is -2.29. The highest BCUT2D eigenvalue weighted by molar-refractivity contribution is 7.22. The zero-order valence-electron chi connectivity index (χ0n) is 14.5. The van der Waals surface area contributed by atoms with Crippen molar-refractivity contribution >= 4 is 50.2 Å². The molecule has 136 valence electrons. The summed E-state index contributed by atoms with van der Waals surface area (Å²) in [6, 6.07) is 11.7. The van der Waals surface area contributed by atoms with E-state index in [2.05, 4.69) is 15.6 Å². The van der Waals surface area contributed by atoms with Crippen LogP contribution in [0.5, 0.6) is 0 Å². The van der Waals surface area contributed by atoms with Crippen LogP contribution >= 0.6 is 11.3 Å². The van der Waals surface area contributed by atoms with Crippen LogP contribution in [0.2, 0.25) is 0 Å². The number of carbonyl (C=O) groups excluding carboxylic acids is 3. The summed E-state index contributed by atoms with van der Waals surface area (Å²) in [4.78, 5) is 42.5. The number of nitrogens with zero attached hydrogens (tertiary/aromatic N) is 2. The number of thiazole rings is 1. The molecule has 2 aromatic carbocycles. The van der Waals surface area contributed by atoms with Crippen LogP contribution in [0, 0.1) is 0 Å². The Labute approximate surface area is 159 Å². The van der Waals surface area contributed by atoms with Crippen LogP contribution in [0.25, 0.3) is 10.2 Å². The maximum Gasteiger partial charge on any atom is 0.319 e. The largest absolute Gasteiger partial charge is 0.338 e. The van der Waals surface area contributed by atoms with Gasteiger partial charge in [-0.15, -0.1) is 0 Å². The molecule has 0 spiro atoms. The Hall–Kier alpha value is -3.26. The number of benzene rings is 2. The van der Waals surface area contributed by atoms with E-state index in [0.29, 0.717) is 34.0 Å². The molecule has 0 atom stereocenters. The molecular formula is C19H16N4O3S. The van der Waals surface area contributed by atoms with Gasteiger partial charge in [0.15, 0.2) is 0 Å². The van der Waals surface area contributed by atoms with E-state index in [1.807, 2.05) is 6.92 Å². The first-order chi connectivity index (χ1) is 13.1. The van der Waals surface area contributed by atoms with E-state index in [9.17, 15) is 14.4 Å². The predicted octanol–water partition coefficient (Wildman–Crippen LogP) is 3.63. The summed E-state index contributed by atoms with van der Waals surface area (Å²) in [6.45, 7) is 2.57. The average Bonchev–Trinajstić information content (AvgIpc) is 3.19. The van der Waals surface area contributed by atoms with Crippen molar-refractivity contribution in [3.8, 4) is 0 Å². The van der Waals surface area contributed by atoms with Crippen molar-refractivity contribution in [2.45, 2.75) is 13.3 Å². The van der Waals surface area contributed by atoms with E-state index < -0.39 is 0 Å². The maximum atomic E-state index is 12.6. The number of hydrogen-bond acceptors (Lipinski definition) is 5. The molecule has 0 aliphatic carbocycles. The number of anilines is 2. The number of aromatic nitrogens is 1. The van der Waals surface area contributed by atoms with Gasteiger partial charge in [-0.2, -0.15) is 0 Å². The lowest BCUT2D eigenvalue weighted by atomic mass is 10.1. The van der Waals surface area contributed by atoms with Gasteiger partial charge in [0, 0.05) is 12.2 Å². The Bertz CT molecular complexity index is 1040. The molecule has 4 rings (SSSR count). The molecule has 27 heavy (non-hydrogen) atoms. The van der Waals surface area contributed by atoms with Gasteiger partial charge in [-0.1, -0.05) is 30.4 Å². The summed E-state index contributed by atoms with van der Waals surface area (Å²) in [6.07, 6.45) is 0.852. The van der Waals surface area contributed by atoms with E-state index in [-0.39, 0.29) is 17.8 Å². The van der Waals surface area contributed by atoms with Crippen LogP contribution in [0.4, 0.5) is 15.6 Å². The van der Waals surface area contributed by atoms with Gasteiger partial charge in [0.2, 0.25) is 5.13 Å². The second kappa shape index (κ2) is 6.81. The summed E-state index contributed by atoms with van der Waals surface area (Å²) in [7, 11) is 0. The lowest BCUT2D eigenvalue weighted by molar-refractivity contribution is 0.0926. The first kappa shape index (κ1) is 17.2. The van der Waals surface area contributed by atoms with Gasteiger partial charge < -0.3 is 10.6 Å². The van der Waals surface area contributed by atoms with E-state index in [4.69, 9.17) is 0 Å². The number of hydrogen-bond donors (Lipinski definition) is 2. The Morgan fingerprint density at radius 1 is 1.11 bits per heavy atom. The van der Waals surface area contributed by atoms with Gasteiger partial charge in [0.1, 0.15) is 0 Å². The molecule has 0 saturated heterocycles. The maximum absolute atomic E-state index is 12.6. The molecular weight excluding hydrogens is 364 g/mol. The molecule has 1 aliphatic rings. The summed E-state index contributed by atoms with van der Waals surface area (Å²) < 4.78 is 0.773. The quantitative estimate of drug-likeness (QED) is 0.676. The van der Waals surface area contributed by atoms with Crippen molar-refractivity contribution in [2.24, 2.45) is 0 Å². The molecule has 0 bridgehead atoms. The molecule has 0 fully saturated rings. The topological polar surface area (TPSA) is 91.4 Å². The number of imide groups is 1. The molecule has 1 aliphatic heterocycles. The van der Waals surface area contributed by atoms with Crippen LogP contribution in [0.15, 0.2) is 42.5 Å². The highest BCUT2D eigenvalue weighted by Gasteiger charge is 2.38.